The van der Waals surface area contributed by atoms with Gasteiger partial charge in [-0.1, -0.05) is 82.1 Å². The van der Waals surface area contributed by atoms with Crippen molar-refractivity contribution in [2.45, 2.75) is 169 Å². The fraction of sp³-hybridized carbons (Fsp3) is 0.872. The molecule has 0 amide bonds. The van der Waals surface area contributed by atoms with E-state index in [-0.39, 0.29) is 47.7 Å². The summed E-state index contributed by atoms with van der Waals surface area (Å²) in [4.78, 5) is 43.3. The van der Waals surface area contributed by atoms with Crippen molar-refractivity contribution in [2.24, 2.45) is 46.3 Å². The van der Waals surface area contributed by atoms with E-state index in [1.807, 2.05) is 6.08 Å². The summed E-state index contributed by atoms with van der Waals surface area (Å²) in [5.74, 6) is 1.40. The van der Waals surface area contributed by atoms with Gasteiger partial charge in [-0.05, 0) is 98.2 Å². The summed E-state index contributed by atoms with van der Waals surface area (Å²) in [6.45, 7) is 26.0. The van der Waals surface area contributed by atoms with Gasteiger partial charge in [-0.2, -0.15) is 0 Å². The van der Waals surface area contributed by atoms with Gasteiger partial charge >= 0.3 is 11.9 Å². The number of ketones is 1. The van der Waals surface area contributed by atoms with E-state index in [1.54, 1.807) is 0 Å². The fourth-order valence-corrected chi connectivity index (χ4v) is 10.4. The monoisotopic (exact) mass is 672 g/mol. The summed E-state index contributed by atoms with van der Waals surface area (Å²) in [5.41, 5.74) is -3.17. The van der Waals surface area contributed by atoms with Gasteiger partial charge in [0.1, 0.15) is 24.1 Å². The summed E-state index contributed by atoms with van der Waals surface area (Å²) in [5, 5.41) is -0.104. The number of hydrogen-bond donors (Lipinski definition) is 0. The van der Waals surface area contributed by atoms with Crippen LogP contribution in [-0.2, 0) is 33.0 Å². The maximum atomic E-state index is 14.8. The molecule has 2 aliphatic heterocycles. The molecule has 5 rings (SSSR count). The summed E-state index contributed by atoms with van der Waals surface area (Å²) in [7, 11) is -2.35. The first-order valence-corrected chi connectivity index (χ1v) is 21.6. The van der Waals surface area contributed by atoms with Crippen LogP contribution in [0.3, 0.4) is 0 Å². The molecule has 2 bridgehead atoms. The van der Waals surface area contributed by atoms with Gasteiger partial charge in [-0.25, -0.2) is 0 Å². The van der Waals surface area contributed by atoms with E-state index in [9.17, 15) is 14.4 Å². The highest BCUT2D eigenvalue weighted by molar-refractivity contribution is 6.74. The number of Topliss-reactive ketones (excluding diaryl/α,β-unsaturated/α-hetero) is 1. The highest BCUT2D eigenvalue weighted by atomic mass is 28.4. The van der Waals surface area contributed by atoms with Crippen LogP contribution < -0.4 is 0 Å². The molecular formula is C39H64O7Si. The minimum Gasteiger partial charge on any atom is -0.541 e. The Morgan fingerprint density at radius 3 is 1.81 bits per heavy atom. The highest BCUT2D eigenvalue weighted by Crippen LogP contribution is 2.67. The Hall–Kier alpha value is -1.67. The van der Waals surface area contributed by atoms with E-state index in [4.69, 9.17) is 18.6 Å². The Morgan fingerprint density at radius 1 is 0.872 bits per heavy atom. The molecule has 0 aromatic heterocycles. The second-order valence-corrected chi connectivity index (χ2v) is 23.7. The van der Waals surface area contributed by atoms with Crippen LogP contribution in [0.5, 0.6) is 0 Å². The second-order valence-electron chi connectivity index (χ2n) is 19.0. The number of rotatable bonds is 8. The first-order valence-electron chi connectivity index (χ1n) is 18.7. The van der Waals surface area contributed by atoms with Gasteiger partial charge in [0.25, 0.3) is 8.32 Å². The molecule has 0 aromatic carbocycles. The van der Waals surface area contributed by atoms with Crippen molar-refractivity contribution in [3.05, 3.63) is 11.8 Å². The van der Waals surface area contributed by atoms with Crippen molar-refractivity contribution < 1.29 is 33.0 Å². The Balaban J connectivity index is 1.54. The van der Waals surface area contributed by atoms with Crippen molar-refractivity contribution in [3.63, 3.8) is 0 Å². The van der Waals surface area contributed by atoms with Crippen molar-refractivity contribution in [1.29, 1.82) is 0 Å². The molecule has 7 nitrogen and oxygen atoms in total. The quantitative estimate of drug-likeness (QED) is 0.145. The summed E-state index contributed by atoms with van der Waals surface area (Å²) in [6, 6.07) is 0. The highest BCUT2D eigenvalue weighted by Gasteiger charge is 2.74. The van der Waals surface area contributed by atoms with Crippen LogP contribution in [-0.4, -0.2) is 50.0 Å². The number of carbonyl (C=O) groups excluding carboxylic acids is 3. The molecule has 3 saturated carbocycles. The maximum Gasteiger partial charge on any atom is 0.323 e. The lowest BCUT2D eigenvalue weighted by Gasteiger charge is -2.41. The molecular weight excluding hydrogens is 609 g/mol. The zero-order chi connectivity index (χ0) is 34.9. The van der Waals surface area contributed by atoms with Crippen LogP contribution in [0.2, 0.25) is 18.1 Å². The van der Waals surface area contributed by atoms with Crippen molar-refractivity contribution in [1.82, 2.24) is 0 Å². The van der Waals surface area contributed by atoms with Crippen molar-refractivity contribution >= 4 is 26.0 Å². The van der Waals surface area contributed by atoms with Crippen molar-refractivity contribution in [3.8, 4) is 0 Å². The molecule has 0 aromatic rings. The summed E-state index contributed by atoms with van der Waals surface area (Å²) in [6.07, 6.45) is 7.34. The molecule has 4 fully saturated rings. The lowest BCUT2D eigenvalue weighted by molar-refractivity contribution is -0.187. The van der Waals surface area contributed by atoms with Crippen LogP contribution in [0.25, 0.3) is 0 Å². The van der Waals surface area contributed by atoms with Gasteiger partial charge in [0.05, 0.1) is 5.60 Å². The number of hydrogen-bond acceptors (Lipinski definition) is 7. The molecule has 5 aliphatic rings. The molecule has 47 heavy (non-hydrogen) atoms. The lowest BCUT2D eigenvalue weighted by atomic mass is 9.74. The van der Waals surface area contributed by atoms with Gasteiger partial charge in [0.2, 0.25) is 5.78 Å². The molecule has 9 atom stereocenters. The Labute approximate surface area is 285 Å². The largest absolute Gasteiger partial charge is 0.541 e. The van der Waals surface area contributed by atoms with Gasteiger partial charge in [0.15, 0.2) is 5.41 Å². The maximum absolute atomic E-state index is 14.8. The third-order valence-electron chi connectivity index (χ3n) is 13.6. The van der Waals surface area contributed by atoms with Crippen molar-refractivity contribution in [2.75, 3.05) is 0 Å². The molecule has 2 heterocycles. The number of carbonyl (C=O) groups is 3. The minimum atomic E-state index is -2.35. The molecule has 1 spiro atoms. The average Bonchev–Trinajstić information content (AvgIpc) is 3.32. The van der Waals surface area contributed by atoms with Crippen LogP contribution in [0, 0.1) is 46.3 Å². The fourth-order valence-electron chi connectivity index (χ4n) is 9.40. The second kappa shape index (κ2) is 12.6. The topological polar surface area (TPSA) is 88.1 Å². The summed E-state index contributed by atoms with van der Waals surface area (Å²) < 4.78 is 26.4. The molecule has 0 radical (unpaired) electrons. The van der Waals surface area contributed by atoms with E-state index in [0.29, 0.717) is 35.9 Å². The van der Waals surface area contributed by atoms with Gasteiger partial charge in [-0.15, -0.1) is 0 Å². The average molecular weight is 673 g/mol. The van der Waals surface area contributed by atoms with Gasteiger partial charge < -0.3 is 18.6 Å². The Morgan fingerprint density at radius 2 is 1.36 bits per heavy atom. The lowest BCUT2D eigenvalue weighted by Crippen LogP contribution is -2.49. The van der Waals surface area contributed by atoms with E-state index in [0.717, 1.165) is 38.5 Å². The molecule has 0 unspecified atom stereocenters. The first-order chi connectivity index (χ1) is 21.6. The molecule has 1 saturated heterocycles. The third-order valence-corrected chi connectivity index (χ3v) is 17.9. The number of esters is 2. The zero-order valence-corrected chi connectivity index (χ0v) is 32.5. The van der Waals surface area contributed by atoms with Crippen LogP contribution in [0.4, 0.5) is 0 Å². The minimum absolute atomic E-state index is 0.103. The number of fused-ring (bicyclic) bond motifs is 1. The predicted octanol–water partition coefficient (Wildman–Crippen LogP) is 8.80. The Bertz CT molecular complexity index is 1220. The van der Waals surface area contributed by atoms with E-state index < -0.39 is 42.8 Å². The SMILES string of the molecule is CC(C)[C@@H]1CC[C@@H](C)C[C@H]1OC(=O)C1(C(=O)O[C@@H]2C[C@H](C)CC[C@H]2C(C)C)C[C@@]2(C)C[C@H]3O[C@@]2(C=C(O[Si](C)(C)C(C)(C)C)C3=O)C1. The smallest absolute Gasteiger partial charge is 0.323 e. The number of ether oxygens (including phenoxy) is 3. The molecule has 3 aliphatic carbocycles. The molecule has 0 N–H and O–H groups in total. The molecule has 266 valence electrons. The van der Waals surface area contributed by atoms with Crippen LogP contribution in [0.15, 0.2) is 11.8 Å². The zero-order valence-electron chi connectivity index (χ0n) is 31.5. The van der Waals surface area contributed by atoms with Gasteiger partial charge in [0, 0.05) is 11.8 Å². The Kier molecular flexibility index (Phi) is 9.80. The standard InChI is InChI=1S/C39H64O7Si/c1-23(2)27-15-13-25(5)17-29(27)43-34(41)38(35(42)44-30-18-26(6)14-16-28(30)24(3)4)21-37(10)19-31-33(40)32(20-39(37,22-38)45-31)46-47(11,12)36(7,8)9/h20,23-31H,13-19,21-22H2,1-12H3/t25-,26-,27+,28+,29-,30-,31-,37-,39+/m1/s1. The predicted molar refractivity (Wildman–Crippen MR) is 186 cm³/mol. The van der Waals surface area contributed by atoms with Crippen LogP contribution >= 0.6 is 0 Å². The van der Waals surface area contributed by atoms with E-state index in [2.05, 4.69) is 82.3 Å². The molecule has 8 heteroatoms. The van der Waals surface area contributed by atoms with E-state index in [1.165, 1.54) is 0 Å². The third kappa shape index (κ3) is 6.52. The van der Waals surface area contributed by atoms with Gasteiger partial charge in [-0.3, -0.25) is 14.4 Å². The van der Waals surface area contributed by atoms with E-state index >= 15 is 0 Å². The van der Waals surface area contributed by atoms with Crippen LogP contribution in [0.1, 0.15) is 127 Å². The normalized spacial score (nSPS) is 38.6. The first kappa shape index (κ1) is 36.6. The summed E-state index contributed by atoms with van der Waals surface area (Å²) >= 11 is 0.